The van der Waals surface area contributed by atoms with E-state index in [0.717, 1.165) is 30.9 Å². The molecule has 0 radical (unpaired) electrons. The summed E-state index contributed by atoms with van der Waals surface area (Å²) in [6, 6.07) is 8.60. The Hall–Kier alpha value is -2.49. The van der Waals surface area contributed by atoms with Crippen molar-refractivity contribution in [3.8, 4) is 0 Å². The van der Waals surface area contributed by atoms with E-state index in [2.05, 4.69) is 27.4 Å². The summed E-state index contributed by atoms with van der Waals surface area (Å²) in [4.78, 5) is 4.64. The lowest BCUT2D eigenvalue weighted by atomic mass is 9.93. The van der Waals surface area contributed by atoms with Gasteiger partial charge in [0.05, 0.1) is 16.6 Å². The second-order valence-corrected chi connectivity index (χ2v) is 9.40. The maximum absolute atomic E-state index is 13.2. The lowest BCUT2D eigenvalue weighted by Crippen LogP contribution is -2.14. The quantitative estimate of drug-likeness (QED) is 0.518. The lowest BCUT2D eigenvalue weighted by Gasteiger charge is -2.15. The van der Waals surface area contributed by atoms with Gasteiger partial charge in [0.25, 0.3) is 10.0 Å². The molecule has 0 spiro atoms. The van der Waals surface area contributed by atoms with Gasteiger partial charge in [-0.2, -0.15) is 0 Å². The number of benzene rings is 1. The predicted molar refractivity (Wildman–Crippen MR) is 117 cm³/mol. The molecule has 3 aromatic heterocycles. The smallest absolute Gasteiger partial charge is 0.269 e. The van der Waals surface area contributed by atoms with Crippen LogP contribution in [0.15, 0.2) is 47.6 Å². The highest BCUT2D eigenvalue weighted by molar-refractivity contribution is 7.90. The van der Waals surface area contributed by atoms with Gasteiger partial charge in [-0.1, -0.05) is 31.0 Å². The van der Waals surface area contributed by atoms with Crippen molar-refractivity contribution in [3.05, 3.63) is 54.1 Å². The Balaban J connectivity index is 0.00000218. The average Bonchev–Trinajstić information content (AvgIpc) is 3.44. The van der Waals surface area contributed by atoms with Crippen molar-refractivity contribution in [1.29, 1.82) is 0 Å². The Morgan fingerprint density at radius 2 is 1.90 bits per heavy atom. The molecule has 0 saturated carbocycles. The average molecular weight is 447 g/mol. The molecule has 1 fully saturated rings. The molecule has 2 atom stereocenters. The van der Waals surface area contributed by atoms with E-state index in [1.165, 1.54) is 3.97 Å². The largest absolute Gasteiger partial charge is 0.316 e. The third kappa shape index (κ3) is 3.08. The first-order valence-corrected chi connectivity index (χ1v) is 11.2. The number of nitrogens with zero attached hydrogens (tertiary/aromatic N) is 5. The van der Waals surface area contributed by atoms with Crippen molar-refractivity contribution in [2.24, 2.45) is 5.92 Å². The SMILES string of the molecule is CC[C@H]1CNC[C@H]1c1nnc2cnc3c(ccn3S(=O)(=O)c3ccc(C)cc3)n12.Cl. The molecule has 30 heavy (non-hydrogen) atoms. The van der Waals surface area contributed by atoms with E-state index in [0.29, 0.717) is 22.7 Å². The number of aromatic nitrogens is 5. The molecular weight excluding hydrogens is 424 g/mol. The molecule has 0 aliphatic carbocycles. The Labute approximate surface area is 180 Å². The Bertz CT molecular complexity index is 1310. The standard InChI is InChI=1S/C20H22N6O2S.ClH/c1-3-14-10-21-11-16(14)19-24-23-18-12-22-20-17(26(18)19)8-9-25(20)29(27,28)15-6-4-13(2)5-7-15;/h4-9,12,14,16,21H,3,10-11H2,1-2H3;1H/t14-,16+;/m0./s1. The van der Waals surface area contributed by atoms with Crippen LogP contribution in [-0.4, -0.2) is 45.1 Å². The number of rotatable bonds is 4. The van der Waals surface area contributed by atoms with Crippen molar-refractivity contribution in [2.45, 2.75) is 31.1 Å². The van der Waals surface area contributed by atoms with Crippen molar-refractivity contribution >= 4 is 39.2 Å². The van der Waals surface area contributed by atoms with Crippen molar-refractivity contribution in [3.63, 3.8) is 0 Å². The fraction of sp³-hybridized carbons (Fsp3) is 0.350. The Morgan fingerprint density at radius 1 is 1.13 bits per heavy atom. The zero-order valence-corrected chi connectivity index (χ0v) is 18.3. The van der Waals surface area contributed by atoms with E-state index in [1.807, 2.05) is 11.3 Å². The van der Waals surface area contributed by atoms with Crippen LogP contribution >= 0.6 is 12.4 Å². The van der Waals surface area contributed by atoms with Crippen molar-refractivity contribution in [2.75, 3.05) is 13.1 Å². The summed E-state index contributed by atoms with van der Waals surface area (Å²) in [7, 11) is -3.75. The minimum Gasteiger partial charge on any atom is -0.316 e. The fourth-order valence-electron chi connectivity index (χ4n) is 4.17. The maximum atomic E-state index is 13.2. The van der Waals surface area contributed by atoms with E-state index in [1.54, 1.807) is 42.7 Å². The third-order valence-corrected chi connectivity index (χ3v) is 7.52. The molecule has 1 saturated heterocycles. The van der Waals surface area contributed by atoms with E-state index in [-0.39, 0.29) is 23.2 Å². The van der Waals surface area contributed by atoms with Gasteiger partial charge in [0.15, 0.2) is 11.3 Å². The van der Waals surface area contributed by atoms with Crippen LogP contribution in [0, 0.1) is 12.8 Å². The summed E-state index contributed by atoms with van der Waals surface area (Å²) in [5.74, 6) is 1.57. The van der Waals surface area contributed by atoms with Gasteiger partial charge in [-0.15, -0.1) is 22.6 Å². The molecule has 158 valence electrons. The van der Waals surface area contributed by atoms with Gasteiger partial charge in [0.1, 0.15) is 5.82 Å². The molecule has 10 heteroatoms. The molecular formula is C20H23ClN6O2S. The molecule has 0 amide bonds. The van der Waals surface area contributed by atoms with E-state index >= 15 is 0 Å². The molecule has 1 N–H and O–H groups in total. The molecule has 5 rings (SSSR count). The summed E-state index contributed by atoms with van der Waals surface area (Å²) < 4.78 is 29.6. The zero-order chi connectivity index (χ0) is 20.2. The zero-order valence-electron chi connectivity index (χ0n) is 16.7. The van der Waals surface area contributed by atoms with Crippen LogP contribution < -0.4 is 5.32 Å². The highest BCUT2D eigenvalue weighted by Gasteiger charge is 2.32. The van der Waals surface area contributed by atoms with Crippen LogP contribution in [0.5, 0.6) is 0 Å². The summed E-state index contributed by atoms with van der Waals surface area (Å²) in [5.41, 5.74) is 2.70. The van der Waals surface area contributed by atoms with Crippen molar-refractivity contribution < 1.29 is 8.42 Å². The van der Waals surface area contributed by atoms with Gasteiger partial charge in [-0.25, -0.2) is 17.4 Å². The van der Waals surface area contributed by atoms with Gasteiger partial charge < -0.3 is 5.32 Å². The molecule has 0 unspecified atom stereocenters. The van der Waals surface area contributed by atoms with Crippen LogP contribution in [-0.2, 0) is 10.0 Å². The molecule has 4 heterocycles. The highest BCUT2D eigenvalue weighted by atomic mass is 35.5. The number of hydrogen-bond donors (Lipinski definition) is 1. The molecule has 4 aromatic rings. The van der Waals surface area contributed by atoms with E-state index < -0.39 is 10.0 Å². The first-order valence-electron chi connectivity index (χ1n) is 9.74. The van der Waals surface area contributed by atoms with Gasteiger partial charge in [0.2, 0.25) is 0 Å². The monoisotopic (exact) mass is 446 g/mol. The van der Waals surface area contributed by atoms with Crippen LogP contribution in [0.1, 0.15) is 30.7 Å². The van der Waals surface area contributed by atoms with Crippen LogP contribution in [0.3, 0.4) is 0 Å². The summed E-state index contributed by atoms with van der Waals surface area (Å²) in [5, 5.41) is 12.2. The highest BCUT2D eigenvalue weighted by Crippen LogP contribution is 2.31. The number of hydrogen-bond acceptors (Lipinski definition) is 6. The molecule has 0 bridgehead atoms. The normalized spacial score (nSPS) is 19.4. The molecule has 1 aromatic carbocycles. The predicted octanol–water partition coefficient (Wildman–Crippen LogP) is 2.76. The first kappa shape index (κ1) is 20.8. The summed E-state index contributed by atoms with van der Waals surface area (Å²) >= 11 is 0. The van der Waals surface area contributed by atoms with E-state index in [9.17, 15) is 8.42 Å². The molecule has 1 aliphatic rings. The van der Waals surface area contributed by atoms with Crippen LogP contribution in [0.25, 0.3) is 16.8 Å². The molecule has 8 nitrogen and oxygen atoms in total. The summed E-state index contributed by atoms with van der Waals surface area (Å²) in [6.07, 6.45) is 4.19. The number of fused-ring (bicyclic) bond motifs is 3. The van der Waals surface area contributed by atoms with Gasteiger partial charge in [0, 0.05) is 18.7 Å². The number of halogens is 1. The van der Waals surface area contributed by atoms with Crippen LogP contribution in [0.2, 0.25) is 0 Å². The maximum Gasteiger partial charge on any atom is 0.269 e. The van der Waals surface area contributed by atoms with Crippen LogP contribution in [0.4, 0.5) is 0 Å². The van der Waals surface area contributed by atoms with Gasteiger partial charge >= 0.3 is 0 Å². The topological polar surface area (TPSA) is 94.2 Å². The second-order valence-electron chi connectivity index (χ2n) is 7.58. The first-order chi connectivity index (χ1) is 14.0. The third-order valence-electron chi connectivity index (χ3n) is 5.84. The van der Waals surface area contributed by atoms with Gasteiger partial charge in [-0.3, -0.25) is 4.40 Å². The minimum absolute atomic E-state index is 0. The summed E-state index contributed by atoms with van der Waals surface area (Å²) in [6.45, 7) is 5.89. The van der Waals surface area contributed by atoms with Crippen molar-refractivity contribution in [1.82, 2.24) is 28.9 Å². The second kappa shape index (κ2) is 7.64. The van der Waals surface area contributed by atoms with Gasteiger partial charge in [-0.05, 0) is 37.6 Å². The number of nitrogens with one attached hydrogen (secondary N) is 1. The lowest BCUT2D eigenvalue weighted by molar-refractivity contribution is 0.483. The Morgan fingerprint density at radius 3 is 2.63 bits per heavy atom. The Kier molecular flexibility index (Phi) is 5.29. The minimum atomic E-state index is -3.75. The fourth-order valence-corrected chi connectivity index (χ4v) is 5.47. The van der Waals surface area contributed by atoms with E-state index in [4.69, 9.17) is 0 Å². The molecule has 1 aliphatic heterocycles. The number of aryl methyl sites for hydroxylation is 1.